The highest BCUT2D eigenvalue weighted by molar-refractivity contribution is 5.69. The number of ether oxygens (including phenoxy) is 1. The van der Waals surface area contributed by atoms with Crippen LogP contribution in [0.4, 0.5) is 8.78 Å². The van der Waals surface area contributed by atoms with E-state index < -0.39 is 11.6 Å². The van der Waals surface area contributed by atoms with Crippen molar-refractivity contribution in [3.63, 3.8) is 0 Å². The number of benzene rings is 1. The third-order valence-corrected chi connectivity index (χ3v) is 2.18. The van der Waals surface area contributed by atoms with E-state index in [9.17, 15) is 13.6 Å². The summed E-state index contributed by atoms with van der Waals surface area (Å²) in [7, 11) is 1.28. The second-order valence-corrected chi connectivity index (χ2v) is 3.26. The van der Waals surface area contributed by atoms with Gasteiger partial charge in [0.15, 0.2) is 11.6 Å². The van der Waals surface area contributed by atoms with Crippen LogP contribution in [0, 0.1) is 11.6 Å². The van der Waals surface area contributed by atoms with Crippen molar-refractivity contribution >= 4 is 12.0 Å². The molecule has 0 spiro atoms. The number of methoxy groups -OCH3 is 1. The molecule has 2 nitrogen and oxygen atoms in total. The van der Waals surface area contributed by atoms with Crippen LogP contribution in [-0.4, -0.2) is 13.1 Å². The van der Waals surface area contributed by atoms with Crippen molar-refractivity contribution in [1.29, 1.82) is 0 Å². The number of hydrogen-bond donors (Lipinski definition) is 0. The van der Waals surface area contributed by atoms with Gasteiger partial charge >= 0.3 is 5.97 Å². The number of rotatable bonds is 4. The Bertz CT molecular complexity index is 414. The maximum Gasteiger partial charge on any atom is 0.305 e. The number of carbonyl (C=O) groups excluding carboxylic acids is 1. The molecule has 0 bridgehead atoms. The van der Waals surface area contributed by atoms with Crippen LogP contribution in [0.2, 0.25) is 0 Å². The minimum Gasteiger partial charge on any atom is -0.469 e. The lowest BCUT2D eigenvalue weighted by Gasteiger charge is -2.04. The molecule has 1 aromatic carbocycles. The summed E-state index contributed by atoms with van der Waals surface area (Å²) in [5, 5.41) is 0. The third-order valence-electron chi connectivity index (χ3n) is 2.18. The van der Waals surface area contributed by atoms with Crippen LogP contribution in [-0.2, 0) is 16.0 Å². The van der Waals surface area contributed by atoms with E-state index in [1.807, 2.05) is 0 Å². The van der Waals surface area contributed by atoms with Gasteiger partial charge in [-0.1, -0.05) is 12.7 Å². The van der Waals surface area contributed by atoms with Gasteiger partial charge in [0.1, 0.15) is 0 Å². The van der Waals surface area contributed by atoms with Gasteiger partial charge < -0.3 is 4.74 Å². The molecule has 0 aromatic heterocycles. The predicted molar refractivity (Wildman–Crippen MR) is 56.8 cm³/mol. The molecular formula is C12H12F2O2. The lowest BCUT2D eigenvalue weighted by Crippen LogP contribution is -2.03. The first-order chi connectivity index (χ1) is 7.58. The van der Waals surface area contributed by atoms with Crippen molar-refractivity contribution in [3.8, 4) is 0 Å². The molecule has 16 heavy (non-hydrogen) atoms. The van der Waals surface area contributed by atoms with Gasteiger partial charge in [0.2, 0.25) is 0 Å². The maximum absolute atomic E-state index is 13.1. The maximum atomic E-state index is 13.1. The van der Waals surface area contributed by atoms with Crippen LogP contribution in [0.3, 0.4) is 0 Å². The molecule has 0 N–H and O–H groups in total. The Morgan fingerprint density at radius 3 is 2.75 bits per heavy atom. The van der Waals surface area contributed by atoms with Gasteiger partial charge in [0, 0.05) is 12.0 Å². The summed E-state index contributed by atoms with van der Waals surface area (Å²) in [5.74, 6) is -2.24. The van der Waals surface area contributed by atoms with Crippen molar-refractivity contribution in [2.75, 3.05) is 7.11 Å². The van der Waals surface area contributed by atoms with Crippen LogP contribution in [0.1, 0.15) is 17.5 Å². The number of hydrogen-bond acceptors (Lipinski definition) is 2. The first kappa shape index (κ1) is 12.4. The molecule has 0 atom stereocenters. The number of carbonyl (C=O) groups is 1. The third kappa shape index (κ3) is 2.89. The fourth-order valence-electron chi connectivity index (χ4n) is 1.31. The van der Waals surface area contributed by atoms with Crippen LogP contribution in [0.25, 0.3) is 6.08 Å². The number of aryl methyl sites for hydroxylation is 1. The Labute approximate surface area is 92.5 Å². The van der Waals surface area contributed by atoms with Crippen LogP contribution < -0.4 is 0 Å². The van der Waals surface area contributed by atoms with Crippen LogP contribution in [0.15, 0.2) is 18.7 Å². The second-order valence-electron chi connectivity index (χ2n) is 3.26. The van der Waals surface area contributed by atoms with Gasteiger partial charge in [-0.2, -0.15) is 0 Å². The largest absolute Gasteiger partial charge is 0.469 e. The molecule has 0 saturated heterocycles. The minimum absolute atomic E-state index is 0.0971. The van der Waals surface area contributed by atoms with E-state index in [-0.39, 0.29) is 18.0 Å². The zero-order valence-electron chi connectivity index (χ0n) is 8.93. The van der Waals surface area contributed by atoms with E-state index in [4.69, 9.17) is 0 Å². The molecule has 0 heterocycles. The van der Waals surface area contributed by atoms with Crippen molar-refractivity contribution < 1.29 is 18.3 Å². The predicted octanol–water partition coefficient (Wildman–Crippen LogP) is 2.71. The molecule has 1 aromatic rings. The lowest BCUT2D eigenvalue weighted by molar-refractivity contribution is -0.140. The average molecular weight is 226 g/mol. The number of halogens is 2. The normalized spacial score (nSPS) is 9.94. The summed E-state index contributed by atoms with van der Waals surface area (Å²) < 4.78 is 30.7. The Morgan fingerprint density at radius 2 is 2.19 bits per heavy atom. The van der Waals surface area contributed by atoms with Gasteiger partial charge in [-0.15, -0.1) is 0 Å². The SMILES string of the molecule is C=Cc1cc(CCC(=O)OC)cc(F)c1F. The van der Waals surface area contributed by atoms with Crippen LogP contribution in [0.5, 0.6) is 0 Å². The standard InChI is InChI=1S/C12H12F2O2/c1-3-9-6-8(4-5-11(15)16-2)7-10(13)12(9)14/h3,6-7H,1,4-5H2,2H3. The van der Waals surface area contributed by atoms with Crippen molar-refractivity contribution in [3.05, 3.63) is 41.5 Å². The second kappa shape index (κ2) is 5.39. The minimum atomic E-state index is -0.933. The zero-order chi connectivity index (χ0) is 12.1. The molecule has 0 unspecified atom stereocenters. The van der Waals surface area contributed by atoms with E-state index in [1.165, 1.54) is 19.3 Å². The highest BCUT2D eigenvalue weighted by Gasteiger charge is 2.09. The molecule has 0 aliphatic rings. The smallest absolute Gasteiger partial charge is 0.305 e. The lowest BCUT2D eigenvalue weighted by atomic mass is 10.1. The molecule has 4 heteroatoms. The topological polar surface area (TPSA) is 26.3 Å². The Morgan fingerprint density at radius 1 is 1.50 bits per heavy atom. The quantitative estimate of drug-likeness (QED) is 0.738. The average Bonchev–Trinajstić information content (AvgIpc) is 2.29. The van der Waals surface area contributed by atoms with Crippen LogP contribution >= 0.6 is 0 Å². The van der Waals surface area contributed by atoms with Gasteiger partial charge in [0.05, 0.1) is 7.11 Å². The van der Waals surface area contributed by atoms with E-state index in [0.29, 0.717) is 12.0 Å². The first-order valence-electron chi connectivity index (χ1n) is 4.75. The summed E-state index contributed by atoms with van der Waals surface area (Å²) >= 11 is 0. The van der Waals surface area contributed by atoms with Crippen molar-refractivity contribution in [2.45, 2.75) is 12.8 Å². The van der Waals surface area contributed by atoms with E-state index in [2.05, 4.69) is 11.3 Å². The fraction of sp³-hybridized carbons (Fsp3) is 0.250. The van der Waals surface area contributed by atoms with Gasteiger partial charge in [-0.25, -0.2) is 8.78 Å². The molecule has 0 aliphatic carbocycles. The van der Waals surface area contributed by atoms with Gasteiger partial charge in [-0.3, -0.25) is 4.79 Å². The molecule has 86 valence electrons. The summed E-state index contributed by atoms with van der Waals surface area (Å²) in [6.45, 7) is 3.39. The van der Waals surface area contributed by atoms with Crippen molar-refractivity contribution in [2.24, 2.45) is 0 Å². The monoisotopic (exact) mass is 226 g/mol. The van der Waals surface area contributed by atoms with E-state index in [1.54, 1.807) is 0 Å². The van der Waals surface area contributed by atoms with Gasteiger partial charge in [-0.05, 0) is 24.1 Å². The van der Waals surface area contributed by atoms with E-state index in [0.717, 1.165) is 6.07 Å². The first-order valence-corrected chi connectivity index (χ1v) is 4.75. The Kier molecular flexibility index (Phi) is 4.17. The molecule has 0 saturated carbocycles. The number of esters is 1. The highest BCUT2D eigenvalue weighted by atomic mass is 19.2. The fourth-order valence-corrected chi connectivity index (χ4v) is 1.31. The Hall–Kier alpha value is -1.71. The summed E-state index contributed by atoms with van der Waals surface area (Å²) in [6, 6.07) is 2.54. The van der Waals surface area contributed by atoms with Gasteiger partial charge in [0.25, 0.3) is 0 Å². The molecule has 0 fully saturated rings. The molecular weight excluding hydrogens is 214 g/mol. The highest BCUT2D eigenvalue weighted by Crippen LogP contribution is 2.17. The molecule has 0 radical (unpaired) electrons. The summed E-state index contributed by atoms with van der Waals surface area (Å²) in [5.41, 5.74) is 0.638. The zero-order valence-corrected chi connectivity index (χ0v) is 8.93. The Balaban J connectivity index is 2.85. The summed E-state index contributed by atoms with van der Waals surface area (Å²) in [4.78, 5) is 10.9. The molecule has 0 amide bonds. The summed E-state index contributed by atoms with van der Waals surface area (Å²) in [6.07, 6.45) is 1.68. The van der Waals surface area contributed by atoms with Crippen molar-refractivity contribution in [1.82, 2.24) is 0 Å². The van der Waals surface area contributed by atoms with E-state index >= 15 is 0 Å². The molecule has 0 aliphatic heterocycles. The molecule has 1 rings (SSSR count).